The van der Waals surface area contributed by atoms with Crippen LogP contribution in [0.3, 0.4) is 0 Å². The lowest BCUT2D eigenvalue weighted by molar-refractivity contribution is 0.0875. The number of anilines is 4. The molecule has 23 heavy (non-hydrogen) atoms. The average Bonchev–Trinajstić information content (AvgIpc) is 2.59. The number of nitrogens with one attached hydrogen (secondary N) is 2. The second kappa shape index (κ2) is 7.10. The first-order valence-electron chi connectivity index (χ1n) is 7.49. The molecule has 2 aromatic rings. The van der Waals surface area contributed by atoms with Crippen LogP contribution in [0.5, 0.6) is 5.88 Å². The van der Waals surface area contributed by atoms with Crippen molar-refractivity contribution < 1.29 is 9.47 Å². The average molecular weight is 316 g/mol. The molecule has 0 saturated carbocycles. The highest BCUT2D eigenvalue weighted by atomic mass is 16.5. The molecule has 3 rings (SSSR count). The van der Waals surface area contributed by atoms with Gasteiger partial charge >= 0.3 is 0 Å². The van der Waals surface area contributed by atoms with Gasteiger partial charge in [-0.1, -0.05) is 0 Å². The molecule has 2 aromatic heterocycles. The minimum Gasteiger partial charge on any atom is -0.480 e. The number of aromatic nitrogens is 3. The molecule has 3 heterocycles. The Morgan fingerprint density at radius 2 is 2.30 bits per heavy atom. The van der Waals surface area contributed by atoms with Crippen molar-refractivity contribution in [2.24, 2.45) is 0 Å². The fourth-order valence-electron chi connectivity index (χ4n) is 2.38. The predicted octanol–water partition coefficient (Wildman–Crippen LogP) is 1.80. The van der Waals surface area contributed by atoms with Gasteiger partial charge in [0.25, 0.3) is 0 Å². The maximum Gasteiger partial charge on any atom is 0.237 e. The van der Waals surface area contributed by atoms with Gasteiger partial charge in [-0.25, -0.2) is 9.97 Å². The number of ether oxygens (including phenoxy) is 2. The topological polar surface area (TPSA) is 107 Å². The van der Waals surface area contributed by atoms with E-state index in [2.05, 4.69) is 25.6 Å². The van der Waals surface area contributed by atoms with Gasteiger partial charge in [0, 0.05) is 12.8 Å². The van der Waals surface area contributed by atoms with E-state index >= 15 is 0 Å². The normalized spacial score (nSPS) is 17.5. The van der Waals surface area contributed by atoms with Crippen LogP contribution < -0.4 is 21.1 Å². The number of nitrogen functional groups attached to an aromatic ring is 1. The highest BCUT2D eigenvalue weighted by Gasteiger charge is 2.16. The summed E-state index contributed by atoms with van der Waals surface area (Å²) in [4.78, 5) is 12.8. The number of pyridine rings is 1. The van der Waals surface area contributed by atoms with Gasteiger partial charge in [0.2, 0.25) is 11.8 Å². The lowest BCUT2D eigenvalue weighted by atomic mass is 10.1. The second-order valence-corrected chi connectivity index (χ2v) is 5.24. The smallest absolute Gasteiger partial charge is 0.237 e. The summed E-state index contributed by atoms with van der Waals surface area (Å²) in [6.07, 6.45) is 5.29. The van der Waals surface area contributed by atoms with Crippen molar-refractivity contribution in [3.63, 3.8) is 0 Å². The zero-order valence-electron chi connectivity index (χ0n) is 13.0. The monoisotopic (exact) mass is 316 g/mol. The van der Waals surface area contributed by atoms with E-state index in [4.69, 9.17) is 15.2 Å². The van der Waals surface area contributed by atoms with Crippen LogP contribution in [-0.4, -0.2) is 41.3 Å². The Morgan fingerprint density at radius 1 is 1.39 bits per heavy atom. The first-order chi connectivity index (χ1) is 11.3. The molecule has 1 fully saturated rings. The lowest BCUT2D eigenvalue weighted by Gasteiger charge is -2.24. The molecule has 1 unspecified atom stereocenters. The summed E-state index contributed by atoms with van der Waals surface area (Å²) in [6.45, 7) is 1.47. The van der Waals surface area contributed by atoms with Crippen LogP contribution in [0.2, 0.25) is 0 Å². The molecule has 1 atom stereocenters. The van der Waals surface area contributed by atoms with E-state index in [0.717, 1.165) is 19.4 Å². The molecule has 0 spiro atoms. The number of hydrogen-bond acceptors (Lipinski definition) is 8. The summed E-state index contributed by atoms with van der Waals surface area (Å²) in [5.74, 6) is 1.49. The van der Waals surface area contributed by atoms with E-state index in [-0.39, 0.29) is 6.04 Å². The molecule has 0 bridgehead atoms. The molecule has 1 saturated heterocycles. The van der Waals surface area contributed by atoms with Gasteiger partial charge in [-0.3, -0.25) is 0 Å². The van der Waals surface area contributed by atoms with Crippen LogP contribution in [0.4, 0.5) is 23.1 Å². The summed E-state index contributed by atoms with van der Waals surface area (Å²) in [5, 5.41) is 6.41. The molecular weight excluding hydrogens is 296 g/mol. The van der Waals surface area contributed by atoms with Crippen molar-refractivity contribution in [1.82, 2.24) is 15.0 Å². The number of nitrogens with two attached hydrogens (primary N) is 1. The van der Waals surface area contributed by atoms with E-state index < -0.39 is 0 Å². The Morgan fingerprint density at radius 3 is 3.09 bits per heavy atom. The van der Waals surface area contributed by atoms with Crippen molar-refractivity contribution in [1.29, 1.82) is 0 Å². The fraction of sp³-hybridized carbons (Fsp3) is 0.400. The fourth-order valence-corrected chi connectivity index (χ4v) is 2.38. The van der Waals surface area contributed by atoms with Crippen molar-refractivity contribution >= 4 is 23.1 Å². The third kappa shape index (κ3) is 3.78. The van der Waals surface area contributed by atoms with Crippen LogP contribution in [0.15, 0.2) is 24.5 Å². The molecular formula is C15H20N6O2. The first kappa shape index (κ1) is 15.3. The van der Waals surface area contributed by atoms with Crippen LogP contribution in [-0.2, 0) is 4.74 Å². The predicted molar refractivity (Wildman–Crippen MR) is 88.0 cm³/mol. The summed E-state index contributed by atoms with van der Waals surface area (Å²) >= 11 is 0. The zero-order chi connectivity index (χ0) is 16.1. The van der Waals surface area contributed by atoms with E-state index in [1.54, 1.807) is 25.6 Å². The van der Waals surface area contributed by atoms with Gasteiger partial charge in [0.05, 0.1) is 31.6 Å². The van der Waals surface area contributed by atoms with E-state index in [0.29, 0.717) is 35.6 Å². The molecule has 8 nitrogen and oxygen atoms in total. The maximum atomic E-state index is 5.96. The third-order valence-corrected chi connectivity index (χ3v) is 3.53. The second-order valence-electron chi connectivity index (χ2n) is 5.24. The molecule has 122 valence electrons. The number of hydrogen-bond donors (Lipinski definition) is 3. The van der Waals surface area contributed by atoms with Crippen LogP contribution in [0, 0.1) is 0 Å². The van der Waals surface area contributed by atoms with E-state index in [1.807, 2.05) is 6.07 Å². The van der Waals surface area contributed by atoms with Crippen molar-refractivity contribution in [2.45, 2.75) is 18.9 Å². The Labute approximate surface area is 134 Å². The summed E-state index contributed by atoms with van der Waals surface area (Å²) in [7, 11) is 1.56. The molecule has 4 N–H and O–H groups in total. The van der Waals surface area contributed by atoms with Crippen molar-refractivity contribution in [2.75, 3.05) is 36.7 Å². The molecule has 0 aliphatic carbocycles. The van der Waals surface area contributed by atoms with Crippen LogP contribution >= 0.6 is 0 Å². The Kier molecular flexibility index (Phi) is 4.72. The Balaban J connectivity index is 1.76. The van der Waals surface area contributed by atoms with E-state index in [1.165, 1.54) is 0 Å². The third-order valence-electron chi connectivity index (χ3n) is 3.53. The molecule has 1 aliphatic rings. The van der Waals surface area contributed by atoms with Gasteiger partial charge in [-0.2, -0.15) is 4.98 Å². The molecule has 0 radical (unpaired) electrons. The first-order valence-corrected chi connectivity index (χ1v) is 7.49. The Bertz CT molecular complexity index is 660. The van der Waals surface area contributed by atoms with Crippen LogP contribution in [0.1, 0.15) is 12.8 Å². The largest absolute Gasteiger partial charge is 0.480 e. The van der Waals surface area contributed by atoms with Gasteiger partial charge in [-0.15, -0.1) is 0 Å². The molecule has 0 amide bonds. The number of nitrogens with zero attached hydrogens (tertiary/aromatic N) is 3. The lowest BCUT2D eigenvalue weighted by Crippen LogP contribution is -2.30. The van der Waals surface area contributed by atoms with Crippen LogP contribution in [0.25, 0.3) is 0 Å². The zero-order valence-corrected chi connectivity index (χ0v) is 13.0. The SMILES string of the molecule is COc1ncccc1Nc1ncc(N)c(NC2CCCOC2)n1. The van der Waals surface area contributed by atoms with Gasteiger partial charge in [0.1, 0.15) is 5.69 Å². The molecule has 1 aliphatic heterocycles. The quantitative estimate of drug-likeness (QED) is 0.766. The van der Waals surface area contributed by atoms with Crippen molar-refractivity contribution in [3.05, 3.63) is 24.5 Å². The summed E-state index contributed by atoms with van der Waals surface area (Å²) in [6, 6.07) is 3.86. The number of methoxy groups -OCH3 is 1. The number of rotatable bonds is 5. The highest BCUT2D eigenvalue weighted by Crippen LogP contribution is 2.25. The summed E-state index contributed by atoms with van der Waals surface area (Å²) < 4.78 is 10.7. The highest BCUT2D eigenvalue weighted by molar-refractivity contribution is 5.65. The van der Waals surface area contributed by atoms with Crippen molar-refractivity contribution in [3.8, 4) is 5.88 Å². The standard InChI is InChI=1S/C15H20N6O2/c1-22-14-12(5-2-6-17-14)20-15-18-8-11(16)13(21-15)19-10-4-3-7-23-9-10/h2,5-6,8,10H,3-4,7,9,16H2,1H3,(H2,18,19,20,21). The minimum atomic E-state index is 0.210. The maximum absolute atomic E-state index is 5.96. The van der Waals surface area contributed by atoms with Gasteiger partial charge in [-0.05, 0) is 25.0 Å². The summed E-state index contributed by atoms with van der Waals surface area (Å²) in [5.41, 5.74) is 7.15. The minimum absolute atomic E-state index is 0.210. The van der Waals surface area contributed by atoms with E-state index in [9.17, 15) is 0 Å². The molecule has 8 heteroatoms. The Hall–Kier alpha value is -2.61. The van der Waals surface area contributed by atoms with Gasteiger partial charge in [0.15, 0.2) is 5.82 Å². The van der Waals surface area contributed by atoms with Gasteiger partial charge < -0.3 is 25.8 Å². The molecule has 0 aromatic carbocycles.